The lowest BCUT2D eigenvalue weighted by Gasteiger charge is -2.18. The largest absolute Gasteiger partial charge is 0.319 e. The number of benzene rings is 3. The van der Waals surface area contributed by atoms with Crippen molar-refractivity contribution in [1.29, 1.82) is 0 Å². The standard InChI is InChI=1S/C20H21N/c1-21-15-20(13-16-7-3-2-4-8-16)19-12-11-17-9-5-6-10-18(17)14-19/h2-12,14,20-21H,13,15H2,1H3/t20-/m0/s1. The monoisotopic (exact) mass is 275 g/mol. The highest BCUT2D eigenvalue weighted by molar-refractivity contribution is 5.83. The Morgan fingerprint density at radius 3 is 2.29 bits per heavy atom. The maximum Gasteiger partial charge on any atom is 0.00203 e. The van der Waals surface area contributed by atoms with E-state index < -0.39 is 0 Å². The van der Waals surface area contributed by atoms with Crippen molar-refractivity contribution in [3.8, 4) is 0 Å². The van der Waals surface area contributed by atoms with Gasteiger partial charge >= 0.3 is 0 Å². The predicted octanol–water partition coefficient (Wildman–Crippen LogP) is 4.39. The van der Waals surface area contributed by atoms with Crippen LogP contribution in [0.3, 0.4) is 0 Å². The fourth-order valence-electron chi connectivity index (χ4n) is 2.91. The molecule has 0 fully saturated rings. The van der Waals surface area contributed by atoms with Gasteiger partial charge in [0.05, 0.1) is 0 Å². The van der Waals surface area contributed by atoms with E-state index in [9.17, 15) is 0 Å². The molecule has 0 spiro atoms. The molecule has 1 N–H and O–H groups in total. The van der Waals surface area contributed by atoms with Crippen LogP contribution < -0.4 is 5.32 Å². The topological polar surface area (TPSA) is 12.0 Å². The third kappa shape index (κ3) is 3.32. The number of likely N-dealkylation sites (N-methyl/N-ethyl adjacent to an activating group) is 1. The van der Waals surface area contributed by atoms with Gasteiger partial charge in [0, 0.05) is 12.5 Å². The van der Waals surface area contributed by atoms with Crippen molar-refractivity contribution in [3.63, 3.8) is 0 Å². The maximum absolute atomic E-state index is 3.33. The lowest BCUT2D eigenvalue weighted by atomic mass is 9.90. The zero-order valence-electron chi connectivity index (χ0n) is 12.4. The van der Waals surface area contributed by atoms with Crippen molar-refractivity contribution >= 4 is 10.8 Å². The average Bonchev–Trinajstić information content (AvgIpc) is 2.55. The van der Waals surface area contributed by atoms with Crippen LogP contribution in [0.15, 0.2) is 72.8 Å². The molecule has 0 bridgehead atoms. The van der Waals surface area contributed by atoms with Crippen LogP contribution in [0.5, 0.6) is 0 Å². The summed E-state index contributed by atoms with van der Waals surface area (Å²) in [5.41, 5.74) is 2.80. The van der Waals surface area contributed by atoms with E-state index >= 15 is 0 Å². The summed E-state index contributed by atoms with van der Waals surface area (Å²) < 4.78 is 0. The van der Waals surface area contributed by atoms with Gasteiger partial charge in [-0.25, -0.2) is 0 Å². The first-order valence-electron chi connectivity index (χ1n) is 7.54. The lowest BCUT2D eigenvalue weighted by Crippen LogP contribution is -2.19. The highest BCUT2D eigenvalue weighted by Crippen LogP contribution is 2.24. The summed E-state index contributed by atoms with van der Waals surface area (Å²) in [4.78, 5) is 0. The summed E-state index contributed by atoms with van der Waals surface area (Å²) in [5.74, 6) is 0.502. The highest BCUT2D eigenvalue weighted by atomic mass is 14.8. The van der Waals surface area contributed by atoms with E-state index in [-0.39, 0.29) is 0 Å². The van der Waals surface area contributed by atoms with E-state index in [2.05, 4.69) is 78.1 Å². The predicted molar refractivity (Wildman–Crippen MR) is 90.8 cm³/mol. The van der Waals surface area contributed by atoms with Crippen molar-refractivity contribution in [3.05, 3.63) is 83.9 Å². The summed E-state index contributed by atoms with van der Waals surface area (Å²) in [7, 11) is 2.03. The number of rotatable bonds is 5. The summed E-state index contributed by atoms with van der Waals surface area (Å²) in [6, 6.07) is 26.1. The number of nitrogens with one attached hydrogen (secondary N) is 1. The van der Waals surface area contributed by atoms with Gasteiger partial charge in [-0.1, -0.05) is 72.8 Å². The smallest absolute Gasteiger partial charge is 0.00203 e. The summed E-state index contributed by atoms with van der Waals surface area (Å²) in [6.07, 6.45) is 1.07. The zero-order valence-corrected chi connectivity index (χ0v) is 12.4. The maximum atomic E-state index is 3.33. The Hall–Kier alpha value is -2.12. The Morgan fingerprint density at radius 1 is 0.810 bits per heavy atom. The van der Waals surface area contributed by atoms with Gasteiger partial charge in [-0.2, -0.15) is 0 Å². The molecule has 0 unspecified atom stereocenters. The van der Waals surface area contributed by atoms with Gasteiger partial charge in [0.15, 0.2) is 0 Å². The van der Waals surface area contributed by atoms with Crippen LogP contribution in [0.4, 0.5) is 0 Å². The Bertz CT molecular complexity index is 703. The lowest BCUT2D eigenvalue weighted by molar-refractivity contribution is 0.626. The van der Waals surface area contributed by atoms with Crippen LogP contribution in [0, 0.1) is 0 Å². The molecule has 1 nitrogen and oxygen atoms in total. The summed E-state index contributed by atoms with van der Waals surface area (Å²) in [5, 5.41) is 5.97. The van der Waals surface area contributed by atoms with Crippen molar-refractivity contribution in [2.75, 3.05) is 13.6 Å². The number of hydrogen-bond acceptors (Lipinski definition) is 1. The zero-order chi connectivity index (χ0) is 14.5. The third-order valence-corrected chi connectivity index (χ3v) is 4.02. The molecule has 21 heavy (non-hydrogen) atoms. The van der Waals surface area contributed by atoms with Gasteiger partial charge in [-0.3, -0.25) is 0 Å². The minimum Gasteiger partial charge on any atom is -0.319 e. The van der Waals surface area contributed by atoms with Gasteiger partial charge in [0.1, 0.15) is 0 Å². The molecule has 0 saturated carbocycles. The first-order valence-corrected chi connectivity index (χ1v) is 7.54. The number of fused-ring (bicyclic) bond motifs is 1. The molecule has 0 aliphatic carbocycles. The minimum absolute atomic E-state index is 0.502. The van der Waals surface area contributed by atoms with Gasteiger partial charge in [-0.15, -0.1) is 0 Å². The fraction of sp³-hybridized carbons (Fsp3) is 0.200. The van der Waals surface area contributed by atoms with E-state index in [1.54, 1.807) is 0 Å². The van der Waals surface area contributed by atoms with E-state index in [0.29, 0.717) is 5.92 Å². The Labute approximate surface area is 126 Å². The quantitative estimate of drug-likeness (QED) is 0.728. The van der Waals surface area contributed by atoms with Crippen LogP contribution in [0.1, 0.15) is 17.0 Å². The molecule has 3 aromatic carbocycles. The van der Waals surface area contributed by atoms with Gasteiger partial charge in [-0.05, 0) is 35.4 Å². The van der Waals surface area contributed by atoms with Crippen molar-refractivity contribution in [2.24, 2.45) is 0 Å². The second-order valence-corrected chi connectivity index (χ2v) is 5.55. The molecular formula is C20H21N. The Kier molecular flexibility index (Phi) is 4.32. The van der Waals surface area contributed by atoms with Crippen LogP contribution in [0.25, 0.3) is 10.8 Å². The summed E-state index contributed by atoms with van der Waals surface area (Å²) in [6.45, 7) is 0.993. The molecule has 0 aromatic heterocycles. The highest BCUT2D eigenvalue weighted by Gasteiger charge is 2.12. The van der Waals surface area contributed by atoms with Crippen LogP contribution in [-0.2, 0) is 6.42 Å². The number of hydrogen-bond donors (Lipinski definition) is 1. The normalized spacial score (nSPS) is 12.4. The average molecular weight is 275 g/mol. The van der Waals surface area contributed by atoms with Crippen molar-refractivity contribution < 1.29 is 0 Å². The van der Waals surface area contributed by atoms with Gasteiger partial charge in [0.25, 0.3) is 0 Å². The Morgan fingerprint density at radius 2 is 1.52 bits per heavy atom. The minimum atomic E-state index is 0.502. The van der Waals surface area contributed by atoms with Gasteiger partial charge in [0.2, 0.25) is 0 Å². The molecule has 0 saturated heterocycles. The summed E-state index contributed by atoms with van der Waals surface area (Å²) >= 11 is 0. The molecule has 0 amide bonds. The van der Waals surface area contributed by atoms with Crippen LogP contribution >= 0.6 is 0 Å². The van der Waals surface area contributed by atoms with Crippen LogP contribution in [0.2, 0.25) is 0 Å². The van der Waals surface area contributed by atoms with E-state index in [0.717, 1.165) is 13.0 Å². The molecule has 3 aromatic rings. The van der Waals surface area contributed by atoms with E-state index in [4.69, 9.17) is 0 Å². The molecule has 1 atom stereocenters. The molecule has 3 rings (SSSR count). The van der Waals surface area contributed by atoms with Crippen molar-refractivity contribution in [2.45, 2.75) is 12.3 Å². The molecule has 0 radical (unpaired) electrons. The molecule has 106 valence electrons. The SMILES string of the molecule is CNC[C@H](Cc1ccccc1)c1ccc2ccccc2c1. The van der Waals surface area contributed by atoms with Crippen molar-refractivity contribution in [1.82, 2.24) is 5.32 Å². The van der Waals surface area contributed by atoms with Crippen LogP contribution in [-0.4, -0.2) is 13.6 Å². The van der Waals surface area contributed by atoms with E-state index in [1.807, 2.05) is 7.05 Å². The van der Waals surface area contributed by atoms with E-state index in [1.165, 1.54) is 21.9 Å². The first-order chi connectivity index (χ1) is 10.4. The molecule has 0 aliphatic heterocycles. The Balaban J connectivity index is 1.91. The van der Waals surface area contributed by atoms with Gasteiger partial charge < -0.3 is 5.32 Å². The second kappa shape index (κ2) is 6.55. The fourth-order valence-corrected chi connectivity index (χ4v) is 2.91. The molecule has 0 heterocycles. The molecule has 0 aliphatic rings. The third-order valence-electron chi connectivity index (χ3n) is 4.02. The molecular weight excluding hydrogens is 254 g/mol. The first kappa shape index (κ1) is 13.8. The molecule has 1 heteroatoms. The second-order valence-electron chi connectivity index (χ2n) is 5.55.